The summed E-state index contributed by atoms with van der Waals surface area (Å²) < 4.78 is 16.2. The number of likely N-dealkylation sites (N-methyl/N-ethyl adjacent to an activating group) is 2. The Kier molecular flexibility index (Phi) is 8.39. The number of benzene rings is 2. The predicted octanol–water partition coefficient (Wildman–Crippen LogP) is 3.08. The fraction of sp³-hybridized carbons (Fsp3) is 0.462. The van der Waals surface area contributed by atoms with Gasteiger partial charge in [0.1, 0.15) is 5.75 Å². The monoisotopic (exact) mass is 469 g/mol. The maximum atomic E-state index is 13.7. The Balaban J connectivity index is 2.06. The summed E-state index contributed by atoms with van der Waals surface area (Å²) >= 11 is 0. The van der Waals surface area contributed by atoms with Crippen LogP contribution in [0.1, 0.15) is 47.3 Å². The third-order valence-corrected chi connectivity index (χ3v) is 6.54. The minimum Gasteiger partial charge on any atom is -0.497 e. The summed E-state index contributed by atoms with van der Waals surface area (Å²) in [6.45, 7) is 7.31. The van der Waals surface area contributed by atoms with Crippen molar-refractivity contribution in [1.29, 1.82) is 0 Å². The highest BCUT2D eigenvalue weighted by molar-refractivity contribution is 6.02. The van der Waals surface area contributed by atoms with E-state index in [1.165, 1.54) is 7.11 Å². The normalized spacial score (nSPS) is 17.4. The number of carbonyl (C=O) groups is 2. The van der Waals surface area contributed by atoms with Crippen LogP contribution in [0.4, 0.5) is 0 Å². The summed E-state index contributed by atoms with van der Waals surface area (Å²) in [7, 11) is 6.40. The van der Waals surface area contributed by atoms with Crippen LogP contribution in [0.5, 0.6) is 17.2 Å². The SMILES string of the molecule is CCN(CC)CCNC(=O)C1c2cc(OC)c(OC)cc2C(=O)N(C)C1c1ccc(OC)cc1. The van der Waals surface area contributed by atoms with E-state index in [4.69, 9.17) is 14.2 Å². The molecule has 0 saturated carbocycles. The van der Waals surface area contributed by atoms with Gasteiger partial charge < -0.3 is 29.3 Å². The topological polar surface area (TPSA) is 80.3 Å². The van der Waals surface area contributed by atoms with Crippen LogP contribution in [0.15, 0.2) is 36.4 Å². The van der Waals surface area contributed by atoms with Crippen LogP contribution in [0.3, 0.4) is 0 Å². The van der Waals surface area contributed by atoms with E-state index in [2.05, 4.69) is 24.1 Å². The van der Waals surface area contributed by atoms with Crippen molar-refractivity contribution in [2.75, 3.05) is 54.6 Å². The molecule has 0 radical (unpaired) electrons. The summed E-state index contributed by atoms with van der Waals surface area (Å²) in [5.74, 6) is 0.701. The summed E-state index contributed by atoms with van der Waals surface area (Å²) in [6.07, 6.45) is 0. The van der Waals surface area contributed by atoms with Gasteiger partial charge >= 0.3 is 0 Å². The third-order valence-electron chi connectivity index (χ3n) is 6.54. The van der Waals surface area contributed by atoms with E-state index in [0.717, 1.165) is 25.2 Å². The van der Waals surface area contributed by atoms with E-state index in [-0.39, 0.29) is 11.8 Å². The second-order valence-electron chi connectivity index (χ2n) is 8.22. The number of nitrogens with zero attached hydrogens (tertiary/aromatic N) is 2. The lowest BCUT2D eigenvalue weighted by Crippen LogP contribution is -2.46. The van der Waals surface area contributed by atoms with Crippen LogP contribution in [0, 0.1) is 0 Å². The second kappa shape index (κ2) is 11.2. The number of ether oxygens (including phenoxy) is 3. The van der Waals surface area contributed by atoms with Crippen LogP contribution in [-0.4, -0.2) is 76.2 Å². The van der Waals surface area contributed by atoms with Gasteiger partial charge in [-0.2, -0.15) is 0 Å². The third kappa shape index (κ3) is 4.97. The van der Waals surface area contributed by atoms with E-state index < -0.39 is 12.0 Å². The van der Waals surface area contributed by atoms with Crippen molar-refractivity contribution in [1.82, 2.24) is 15.1 Å². The smallest absolute Gasteiger partial charge is 0.254 e. The number of carbonyl (C=O) groups excluding carboxylic acids is 2. The Morgan fingerprint density at radius 1 is 1.00 bits per heavy atom. The molecule has 1 N–H and O–H groups in total. The Labute approximate surface area is 201 Å². The zero-order chi connectivity index (χ0) is 24.8. The first-order chi connectivity index (χ1) is 16.4. The largest absolute Gasteiger partial charge is 0.497 e. The van der Waals surface area contributed by atoms with Gasteiger partial charge in [-0.25, -0.2) is 0 Å². The highest BCUT2D eigenvalue weighted by Gasteiger charge is 2.43. The molecule has 8 heteroatoms. The Morgan fingerprint density at radius 2 is 1.62 bits per heavy atom. The lowest BCUT2D eigenvalue weighted by Gasteiger charge is -2.40. The molecule has 2 atom stereocenters. The Bertz CT molecular complexity index is 1000. The average molecular weight is 470 g/mol. The number of amides is 2. The van der Waals surface area contributed by atoms with Gasteiger partial charge in [0, 0.05) is 25.7 Å². The molecule has 1 aliphatic rings. The van der Waals surface area contributed by atoms with Crippen molar-refractivity contribution in [2.24, 2.45) is 0 Å². The van der Waals surface area contributed by atoms with Crippen LogP contribution in [-0.2, 0) is 4.79 Å². The number of rotatable bonds is 10. The Morgan fingerprint density at radius 3 is 2.18 bits per heavy atom. The van der Waals surface area contributed by atoms with Crippen molar-refractivity contribution in [2.45, 2.75) is 25.8 Å². The zero-order valence-corrected chi connectivity index (χ0v) is 20.9. The highest BCUT2D eigenvalue weighted by Crippen LogP contribution is 2.45. The first-order valence-electron chi connectivity index (χ1n) is 11.6. The number of hydrogen-bond donors (Lipinski definition) is 1. The quantitative estimate of drug-likeness (QED) is 0.576. The number of nitrogens with one attached hydrogen (secondary N) is 1. The van der Waals surface area contributed by atoms with Crippen LogP contribution in [0.25, 0.3) is 0 Å². The second-order valence-corrected chi connectivity index (χ2v) is 8.22. The molecule has 1 heterocycles. The molecule has 0 bridgehead atoms. The summed E-state index contributed by atoms with van der Waals surface area (Å²) in [5.41, 5.74) is 1.91. The van der Waals surface area contributed by atoms with Gasteiger partial charge in [0.2, 0.25) is 5.91 Å². The van der Waals surface area contributed by atoms with E-state index in [0.29, 0.717) is 34.9 Å². The molecule has 0 fully saturated rings. The van der Waals surface area contributed by atoms with E-state index in [1.807, 2.05) is 24.3 Å². The van der Waals surface area contributed by atoms with Gasteiger partial charge in [-0.1, -0.05) is 26.0 Å². The lowest BCUT2D eigenvalue weighted by molar-refractivity contribution is -0.124. The molecule has 184 valence electrons. The Hall–Kier alpha value is -3.26. The van der Waals surface area contributed by atoms with Gasteiger partial charge in [0.25, 0.3) is 5.91 Å². The highest BCUT2D eigenvalue weighted by atomic mass is 16.5. The lowest BCUT2D eigenvalue weighted by atomic mass is 9.79. The fourth-order valence-corrected chi connectivity index (χ4v) is 4.54. The van der Waals surface area contributed by atoms with Crippen LogP contribution in [0.2, 0.25) is 0 Å². The van der Waals surface area contributed by atoms with E-state index in [9.17, 15) is 9.59 Å². The standard InChI is InChI=1S/C26H35N3O5/c1-7-29(8-2)14-13-27-25(30)23-19-15-21(33-5)22(34-6)16-20(19)26(31)28(3)24(23)17-9-11-18(32-4)12-10-17/h9-12,15-16,23-24H,7-8,13-14H2,1-6H3,(H,27,30). The van der Waals surface area contributed by atoms with Crippen molar-refractivity contribution >= 4 is 11.8 Å². The van der Waals surface area contributed by atoms with Crippen molar-refractivity contribution in [3.63, 3.8) is 0 Å². The zero-order valence-electron chi connectivity index (χ0n) is 20.9. The molecular weight excluding hydrogens is 434 g/mol. The van der Waals surface area contributed by atoms with Gasteiger partial charge in [0.05, 0.1) is 33.3 Å². The van der Waals surface area contributed by atoms with Crippen LogP contribution < -0.4 is 19.5 Å². The average Bonchev–Trinajstić information content (AvgIpc) is 2.87. The van der Waals surface area contributed by atoms with E-state index in [1.54, 1.807) is 38.3 Å². The molecule has 8 nitrogen and oxygen atoms in total. The maximum absolute atomic E-state index is 13.7. The first-order valence-corrected chi connectivity index (χ1v) is 11.6. The molecule has 1 aliphatic heterocycles. The molecule has 0 spiro atoms. The molecule has 2 aromatic carbocycles. The fourth-order valence-electron chi connectivity index (χ4n) is 4.54. The van der Waals surface area contributed by atoms with E-state index >= 15 is 0 Å². The van der Waals surface area contributed by atoms with Crippen molar-refractivity contribution in [3.8, 4) is 17.2 Å². The molecule has 34 heavy (non-hydrogen) atoms. The minimum atomic E-state index is -0.623. The van der Waals surface area contributed by atoms with Gasteiger partial charge in [-0.15, -0.1) is 0 Å². The molecule has 2 aromatic rings. The van der Waals surface area contributed by atoms with Crippen LogP contribution >= 0.6 is 0 Å². The molecule has 3 rings (SSSR count). The summed E-state index contributed by atoms with van der Waals surface area (Å²) in [6, 6.07) is 10.4. The molecule has 2 unspecified atom stereocenters. The number of hydrogen-bond acceptors (Lipinski definition) is 6. The molecule has 2 amide bonds. The number of methoxy groups -OCH3 is 3. The molecular formula is C26H35N3O5. The molecule has 0 saturated heterocycles. The molecule has 0 aliphatic carbocycles. The van der Waals surface area contributed by atoms with Gasteiger partial charge in [-0.3, -0.25) is 9.59 Å². The molecule has 0 aromatic heterocycles. The first kappa shape index (κ1) is 25.4. The predicted molar refractivity (Wildman–Crippen MR) is 131 cm³/mol. The summed E-state index contributed by atoms with van der Waals surface area (Å²) in [4.78, 5) is 31.0. The van der Waals surface area contributed by atoms with Crippen molar-refractivity contribution < 1.29 is 23.8 Å². The summed E-state index contributed by atoms with van der Waals surface area (Å²) in [5, 5.41) is 3.10. The van der Waals surface area contributed by atoms with Gasteiger partial charge in [0.15, 0.2) is 11.5 Å². The van der Waals surface area contributed by atoms with Gasteiger partial charge in [-0.05, 0) is 48.5 Å². The number of fused-ring (bicyclic) bond motifs is 1. The van der Waals surface area contributed by atoms with Crippen molar-refractivity contribution in [3.05, 3.63) is 53.1 Å². The maximum Gasteiger partial charge on any atom is 0.254 e. The minimum absolute atomic E-state index is 0.138.